The number of carbonyl (C=O) groups is 1. The number of hydrogen-bond donors (Lipinski definition) is 1. The van der Waals surface area contributed by atoms with Gasteiger partial charge in [-0.25, -0.2) is 4.79 Å². The summed E-state index contributed by atoms with van der Waals surface area (Å²) < 4.78 is 6.40. The zero-order valence-electron chi connectivity index (χ0n) is 11.9. The SMILES string of the molecule is Nc1cc([N+](=O)[O-])ccc1C(=O)OCc1csc2ccccc12. The molecule has 0 saturated carbocycles. The molecule has 0 atom stereocenters. The number of nitro benzene ring substituents is 1. The van der Waals surface area contributed by atoms with Gasteiger partial charge in [0.2, 0.25) is 0 Å². The minimum Gasteiger partial charge on any atom is -0.457 e. The van der Waals surface area contributed by atoms with Gasteiger partial charge in [0.25, 0.3) is 5.69 Å². The molecule has 3 aromatic rings. The van der Waals surface area contributed by atoms with Crippen molar-refractivity contribution < 1.29 is 14.5 Å². The van der Waals surface area contributed by atoms with E-state index in [1.54, 1.807) is 11.3 Å². The van der Waals surface area contributed by atoms with E-state index in [1.165, 1.54) is 12.1 Å². The van der Waals surface area contributed by atoms with Crippen LogP contribution in [0.15, 0.2) is 47.8 Å². The Morgan fingerprint density at radius 3 is 2.78 bits per heavy atom. The number of benzene rings is 2. The average Bonchev–Trinajstić information content (AvgIpc) is 2.95. The molecule has 0 fully saturated rings. The largest absolute Gasteiger partial charge is 0.457 e. The van der Waals surface area contributed by atoms with E-state index >= 15 is 0 Å². The molecule has 0 spiro atoms. The Morgan fingerprint density at radius 2 is 2.04 bits per heavy atom. The van der Waals surface area contributed by atoms with Crippen LogP contribution in [0.2, 0.25) is 0 Å². The smallest absolute Gasteiger partial charge is 0.340 e. The predicted molar refractivity (Wildman–Crippen MR) is 88.5 cm³/mol. The zero-order chi connectivity index (χ0) is 16.4. The van der Waals surface area contributed by atoms with Gasteiger partial charge >= 0.3 is 5.97 Å². The van der Waals surface area contributed by atoms with E-state index in [0.717, 1.165) is 21.7 Å². The van der Waals surface area contributed by atoms with Crippen molar-refractivity contribution in [2.24, 2.45) is 0 Å². The molecule has 116 valence electrons. The second-order valence-corrected chi connectivity index (χ2v) is 5.77. The zero-order valence-corrected chi connectivity index (χ0v) is 12.7. The first-order chi connectivity index (χ1) is 11.1. The second kappa shape index (κ2) is 6.05. The summed E-state index contributed by atoms with van der Waals surface area (Å²) in [6, 6.07) is 11.5. The average molecular weight is 328 g/mol. The summed E-state index contributed by atoms with van der Waals surface area (Å²) in [5.74, 6) is -0.604. The molecular formula is C16H12N2O4S. The Labute approximate surface area is 135 Å². The number of thiophene rings is 1. The van der Waals surface area contributed by atoms with Crippen molar-refractivity contribution in [2.45, 2.75) is 6.61 Å². The molecule has 2 N–H and O–H groups in total. The highest BCUT2D eigenvalue weighted by atomic mass is 32.1. The molecule has 2 aromatic carbocycles. The van der Waals surface area contributed by atoms with Gasteiger partial charge in [0.05, 0.1) is 16.2 Å². The number of rotatable bonds is 4. The highest BCUT2D eigenvalue weighted by Gasteiger charge is 2.16. The number of nitrogens with two attached hydrogens (primary N) is 1. The van der Waals surface area contributed by atoms with Crippen LogP contribution in [0, 0.1) is 10.1 Å². The van der Waals surface area contributed by atoms with Crippen LogP contribution in [0.5, 0.6) is 0 Å². The van der Waals surface area contributed by atoms with Crippen molar-refractivity contribution in [3.8, 4) is 0 Å². The molecule has 0 saturated heterocycles. The first-order valence-corrected chi connectivity index (χ1v) is 7.60. The molecule has 0 unspecified atom stereocenters. The number of anilines is 1. The van der Waals surface area contributed by atoms with Gasteiger partial charge in [-0.15, -0.1) is 11.3 Å². The topological polar surface area (TPSA) is 95.5 Å². The standard InChI is InChI=1S/C16H12N2O4S/c17-14-7-11(18(20)21)5-6-13(14)16(19)22-8-10-9-23-15-4-2-1-3-12(10)15/h1-7,9H,8,17H2. The number of fused-ring (bicyclic) bond motifs is 1. The lowest BCUT2D eigenvalue weighted by Crippen LogP contribution is -2.08. The number of non-ortho nitro benzene ring substituents is 1. The highest BCUT2D eigenvalue weighted by molar-refractivity contribution is 7.17. The second-order valence-electron chi connectivity index (χ2n) is 4.86. The molecule has 3 rings (SSSR count). The summed E-state index contributed by atoms with van der Waals surface area (Å²) in [5, 5.41) is 13.7. The third kappa shape index (κ3) is 3.00. The van der Waals surface area contributed by atoms with Crippen LogP contribution in [0.4, 0.5) is 11.4 Å². The summed E-state index contributed by atoms with van der Waals surface area (Å²) in [6.45, 7) is 0.124. The molecule has 0 aliphatic heterocycles. The third-order valence-corrected chi connectivity index (χ3v) is 4.40. The fourth-order valence-electron chi connectivity index (χ4n) is 2.22. The Kier molecular flexibility index (Phi) is 3.94. The summed E-state index contributed by atoms with van der Waals surface area (Å²) in [4.78, 5) is 22.2. The number of ether oxygens (including phenoxy) is 1. The third-order valence-electron chi connectivity index (χ3n) is 3.39. The van der Waals surface area contributed by atoms with Crippen molar-refractivity contribution in [1.82, 2.24) is 0 Å². The lowest BCUT2D eigenvalue weighted by atomic mass is 10.1. The fourth-order valence-corrected chi connectivity index (χ4v) is 3.16. The van der Waals surface area contributed by atoms with Crippen molar-refractivity contribution in [2.75, 3.05) is 5.73 Å². The van der Waals surface area contributed by atoms with Crippen LogP contribution in [-0.2, 0) is 11.3 Å². The van der Waals surface area contributed by atoms with E-state index in [2.05, 4.69) is 0 Å². The van der Waals surface area contributed by atoms with Gasteiger partial charge < -0.3 is 10.5 Å². The van der Waals surface area contributed by atoms with Gasteiger partial charge in [0, 0.05) is 22.4 Å². The maximum atomic E-state index is 12.1. The van der Waals surface area contributed by atoms with Crippen LogP contribution >= 0.6 is 11.3 Å². The van der Waals surface area contributed by atoms with Gasteiger partial charge in [0.1, 0.15) is 6.61 Å². The molecule has 0 aliphatic carbocycles. The molecule has 0 bridgehead atoms. The maximum Gasteiger partial charge on any atom is 0.340 e. The van der Waals surface area contributed by atoms with E-state index in [9.17, 15) is 14.9 Å². The molecular weight excluding hydrogens is 316 g/mol. The monoisotopic (exact) mass is 328 g/mol. The minimum absolute atomic E-state index is 0.0272. The summed E-state index contributed by atoms with van der Waals surface area (Å²) in [7, 11) is 0. The van der Waals surface area contributed by atoms with Gasteiger partial charge in [-0.05, 0) is 22.9 Å². The molecule has 0 radical (unpaired) electrons. The summed E-state index contributed by atoms with van der Waals surface area (Å²) in [6.07, 6.45) is 0. The lowest BCUT2D eigenvalue weighted by Gasteiger charge is -2.06. The first-order valence-electron chi connectivity index (χ1n) is 6.72. The Balaban J connectivity index is 1.76. The van der Waals surface area contributed by atoms with Gasteiger partial charge in [-0.1, -0.05) is 18.2 Å². The Morgan fingerprint density at radius 1 is 1.26 bits per heavy atom. The van der Waals surface area contributed by atoms with Gasteiger partial charge in [0.15, 0.2) is 0 Å². The van der Waals surface area contributed by atoms with E-state index in [-0.39, 0.29) is 23.5 Å². The molecule has 23 heavy (non-hydrogen) atoms. The van der Waals surface area contributed by atoms with Crippen LogP contribution in [0.1, 0.15) is 15.9 Å². The van der Waals surface area contributed by atoms with E-state index < -0.39 is 10.9 Å². The van der Waals surface area contributed by atoms with E-state index in [4.69, 9.17) is 10.5 Å². The Hall–Kier alpha value is -2.93. The molecule has 1 heterocycles. The maximum absolute atomic E-state index is 12.1. The molecule has 1 aromatic heterocycles. The van der Waals surface area contributed by atoms with E-state index in [0.29, 0.717) is 0 Å². The molecule has 6 nitrogen and oxygen atoms in total. The van der Waals surface area contributed by atoms with Crippen molar-refractivity contribution >= 4 is 38.8 Å². The Bertz CT molecular complexity index is 904. The van der Waals surface area contributed by atoms with Crippen LogP contribution in [0.25, 0.3) is 10.1 Å². The van der Waals surface area contributed by atoms with Crippen LogP contribution in [-0.4, -0.2) is 10.9 Å². The number of nitro groups is 1. The number of nitrogens with zero attached hydrogens (tertiary/aromatic N) is 1. The normalized spacial score (nSPS) is 10.6. The predicted octanol–water partition coefficient (Wildman–Crippen LogP) is 3.75. The summed E-state index contributed by atoms with van der Waals surface area (Å²) in [5.41, 5.74) is 6.60. The molecule has 7 heteroatoms. The molecule has 0 aliphatic rings. The first kappa shape index (κ1) is 15.0. The number of hydrogen-bond acceptors (Lipinski definition) is 6. The van der Waals surface area contributed by atoms with Crippen molar-refractivity contribution in [3.63, 3.8) is 0 Å². The lowest BCUT2D eigenvalue weighted by molar-refractivity contribution is -0.384. The number of nitrogen functional groups attached to an aromatic ring is 1. The quantitative estimate of drug-likeness (QED) is 0.340. The summed E-state index contributed by atoms with van der Waals surface area (Å²) >= 11 is 1.58. The van der Waals surface area contributed by atoms with E-state index in [1.807, 2.05) is 29.6 Å². The highest BCUT2D eigenvalue weighted by Crippen LogP contribution is 2.27. The number of carbonyl (C=O) groups excluding carboxylic acids is 1. The van der Waals surface area contributed by atoms with Crippen molar-refractivity contribution in [3.05, 3.63) is 69.1 Å². The number of esters is 1. The molecule has 0 amide bonds. The van der Waals surface area contributed by atoms with Gasteiger partial charge in [-0.3, -0.25) is 10.1 Å². The van der Waals surface area contributed by atoms with Gasteiger partial charge in [-0.2, -0.15) is 0 Å². The van der Waals surface area contributed by atoms with Crippen molar-refractivity contribution in [1.29, 1.82) is 0 Å². The minimum atomic E-state index is -0.604. The fraction of sp³-hybridized carbons (Fsp3) is 0.0625. The van der Waals surface area contributed by atoms with Crippen LogP contribution in [0.3, 0.4) is 0 Å². The van der Waals surface area contributed by atoms with Crippen LogP contribution < -0.4 is 5.73 Å².